The van der Waals surface area contributed by atoms with E-state index in [9.17, 15) is 4.79 Å². The normalized spacial score (nSPS) is 13.4. The fraction of sp³-hybridized carbons (Fsp3) is 0.750. The molecule has 0 amide bonds. The van der Waals surface area contributed by atoms with Crippen molar-refractivity contribution in [3.8, 4) is 0 Å². The summed E-state index contributed by atoms with van der Waals surface area (Å²) in [7, 11) is 0. The monoisotopic (exact) mass is 214 g/mol. The maximum Gasteiger partial charge on any atom is 0.134 e. The van der Waals surface area contributed by atoms with Crippen LogP contribution >= 0.6 is 12.6 Å². The molecule has 1 unspecified atom stereocenters. The van der Waals surface area contributed by atoms with E-state index in [4.69, 9.17) is 0 Å². The first-order valence-electron chi connectivity index (χ1n) is 5.57. The molecule has 0 aliphatic rings. The molecule has 0 fully saturated rings. The molecular formula is C12H22OS. The van der Waals surface area contributed by atoms with Gasteiger partial charge in [-0.1, -0.05) is 38.8 Å². The van der Waals surface area contributed by atoms with Crippen LogP contribution in [0.15, 0.2) is 12.2 Å². The van der Waals surface area contributed by atoms with Crippen LogP contribution in [-0.4, -0.2) is 11.0 Å². The van der Waals surface area contributed by atoms with Crippen LogP contribution < -0.4 is 0 Å². The van der Waals surface area contributed by atoms with Crippen molar-refractivity contribution in [2.75, 3.05) is 0 Å². The molecule has 82 valence electrons. The van der Waals surface area contributed by atoms with Gasteiger partial charge in [-0.25, -0.2) is 0 Å². The Labute approximate surface area is 93.4 Å². The minimum atomic E-state index is 0.117. The topological polar surface area (TPSA) is 17.1 Å². The van der Waals surface area contributed by atoms with E-state index in [1.165, 1.54) is 0 Å². The molecule has 14 heavy (non-hydrogen) atoms. The highest BCUT2D eigenvalue weighted by Crippen LogP contribution is 2.08. The molecule has 1 atom stereocenters. The number of Topliss-reactive ketones (excluding diaryl/α,β-unsaturated/α-hetero) is 1. The molecule has 2 heteroatoms. The second-order valence-electron chi connectivity index (χ2n) is 3.63. The van der Waals surface area contributed by atoms with Crippen LogP contribution in [0.1, 0.15) is 52.4 Å². The minimum Gasteiger partial charge on any atom is -0.300 e. The van der Waals surface area contributed by atoms with E-state index in [1.54, 1.807) is 0 Å². The molecule has 0 spiro atoms. The lowest BCUT2D eigenvalue weighted by atomic mass is 10.1. The average molecular weight is 214 g/mol. The molecule has 0 aromatic carbocycles. The maximum atomic E-state index is 11.4. The van der Waals surface area contributed by atoms with Crippen molar-refractivity contribution in [1.82, 2.24) is 0 Å². The van der Waals surface area contributed by atoms with E-state index in [1.807, 2.05) is 6.08 Å². The number of hydrogen-bond donors (Lipinski definition) is 1. The predicted octanol–water partition coefficient (Wildman–Crippen LogP) is 3.79. The molecule has 0 bridgehead atoms. The van der Waals surface area contributed by atoms with E-state index in [2.05, 4.69) is 32.6 Å². The van der Waals surface area contributed by atoms with Gasteiger partial charge in [-0.15, -0.1) is 0 Å². The number of thiol groups is 1. The van der Waals surface area contributed by atoms with Crippen molar-refractivity contribution in [3.63, 3.8) is 0 Å². The van der Waals surface area contributed by atoms with Crippen molar-refractivity contribution in [2.24, 2.45) is 0 Å². The molecule has 0 N–H and O–H groups in total. The molecule has 0 aromatic heterocycles. The summed E-state index contributed by atoms with van der Waals surface area (Å²) in [6.45, 7) is 4.25. The quantitative estimate of drug-likeness (QED) is 0.480. The zero-order chi connectivity index (χ0) is 10.8. The fourth-order valence-corrected chi connectivity index (χ4v) is 1.52. The SMILES string of the molecule is CCC/C=C/C(S)CC(=O)CCCC. The van der Waals surface area contributed by atoms with Crippen LogP contribution in [0.3, 0.4) is 0 Å². The Morgan fingerprint density at radius 2 is 2.07 bits per heavy atom. The summed E-state index contributed by atoms with van der Waals surface area (Å²) < 4.78 is 0. The second-order valence-corrected chi connectivity index (χ2v) is 4.29. The number of unbranched alkanes of at least 4 members (excludes halogenated alkanes) is 2. The van der Waals surface area contributed by atoms with Crippen LogP contribution in [-0.2, 0) is 4.79 Å². The fourth-order valence-electron chi connectivity index (χ4n) is 1.20. The first-order chi connectivity index (χ1) is 6.70. The van der Waals surface area contributed by atoms with Crippen LogP contribution in [0.25, 0.3) is 0 Å². The van der Waals surface area contributed by atoms with E-state index >= 15 is 0 Å². The van der Waals surface area contributed by atoms with Crippen LogP contribution in [0.4, 0.5) is 0 Å². The first kappa shape index (κ1) is 13.8. The number of hydrogen-bond acceptors (Lipinski definition) is 2. The number of carbonyl (C=O) groups is 1. The van der Waals surface area contributed by atoms with Gasteiger partial charge >= 0.3 is 0 Å². The zero-order valence-electron chi connectivity index (χ0n) is 9.33. The zero-order valence-corrected chi connectivity index (χ0v) is 10.2. The molecule has 0 aromatic rings. The van der Waals surface area contributed by atoms with Gasteiger partial charge < -0.3 is 0 Å². The largest absolute Gasteiger partial charge is 0.300 e. The van der Waals surface area contributed by atoms with E-state index in [-0.39, 0.29) is 5.25 Å². The lowest BCUT2D eigenvalue weighted by Crippen LogP contribution is -2.05. The van der Waals surface area contributed by atoms with Gasteiger partial charge in [0, 0.05) is 18.1 Å². The number of rotatable bonds is 8. The smallest absolute Gasteiger partial charge is 0.134 e. The number of carbonyl (C=O) groups excluding carboxylic acids is 1. The molecule has 0 aliphatic heterocycles. The third-order valence-electron chi connectivity index (χ3n) is 2.06. The van der Waals surface area contributed by atoms with E-state index in [0.717, 1.165) is 32.1 Å². The summed E-state index contributed by atoms with van der Waals surface area (Å²) in [6.07, 6.45) is 9.80. The number of ketones is 1. The maximum absolute atomic E-state index is 11.4. The predicted molar refractivity (Wildman–Crippen MR) is 66.0 cm³/mol. The third-order valence-corrected chi connectivity index (χ3v) is 2.41. The second kappa shape index (κ2) is 9.32. The molecular weight excluding hydrogens is 192 g/mol. The molecule has 0 heterocycles. The van der Waals surface area contributed by atoms with Crippen molar-refractivity contribution in [1.29, 1.82) is 0 Å². The van der Waals surface area contributed by atoms with Crippen molar-refractivity contribution in [3.05, 3.63) is 12.2 Å². The van der Waals surface area contributed by atoms with Crippen molar-refractivity contribution < 1.29 is 4.79 Å². The molecule has 1 nitrogen and oxygen atoms in total. The highest BCUT2D eigenvalue weighted by molar-refractivity contribution is 7.81. The Balaban J connectivity index is 3.59. The lowest BCUT2D eigenvalue weighted by molar-refractivity contribution is -0.119. The van der Waals surface area contributed by atoms with E-state index < -0.39 is 0 Å². The summed E-state index contributed by atoms with van der Waals surface area (Å²) in [4.78, 5) is 11.4. The summed E-state index contributed by atoms with van der Waals surface area (Å²) in [6, 6.07) is 0. The summed E-state index contributed by atoms with van der Waals surface area (Å²) >= 11 is 4.36. The Morgan fingerprint density at radius 1 is 1.36 bits per heavy atom. The van der Waals surface area contributed by atoms with Gasteiger partial charge in [0.25, 0.3) is 0 Å². The van der Waals surface area contributed by atoms with Gasteiger partial charge in [0.15, 0.2) is 0 Å². The Kier molecular flexibility index (Phi) is 9.16. The van der Waals surface area contributed by atoms with E-state index in [0.29, 0.717) is 12.2 Å². The Morgan fingerprint density at radius 3 is 2.64 bits per heavy atom. The third kappa shape index (κ3) is 8.36. The summed E-state index contributed by atoms with van der Waals surface area (Å²) in [5, 5.41) is 0.117. The van der Waals surface area contributed by atoms with Crippen LogP contribution in [0, 0.1) is 0 Å². The van der Waals surface area contributed by atoms with Crippen LogP contribution in [0.5, 0.6) is 0 Å². The van der Waals surface area contributed by atoms with Gasteiger partial charge in [0.05, 0.1) is 0 Å². The summed E-state index contributed by atoms with van der Waals surface area (Å²) in [5.74, 6) is 0.341. The van der Waals surface area contributed by atoms with Crippen LogP contribution in [0.2, 0.25) is 0 Å². The average Bonchev–Trinajstić information content (AvgIpc) is 2.15. The molecule has 0 rings (SSSR count). The first-order valence-corrected chi connectivity index (χ1v) is 6.08. The lowest BCUT2D eigenvalue weighted by Gasteiger charge is -2.03. The number of allylic oxidation sites excluding steroid dienone is 1. The van der Waals surface area contributed by atoms with Gasteiger partial charge in [-0.3, -0.25) is 4.79 Å². The molecule has 0 saturated carbocycles. The summed E-state index contributed by atoms with van der Waals surface area (Å²) in [5.41, 5.74) is 0. The molecule has 0 aliphatic carbocycles. The van der Waals surface area contributed by atoms with Gasteiger partial charge in [0.1, 0.15) is 5.78 Å². The standard InChI is InChI=1S/C12H22OS/c1-3-5-7-9-12(14)10-11(13)8-6-4-2/h7,9,12,14H,3-6,8,10H2,1-2H3/b9-7+. The highest BCUT2D eigenvalue weighted by atomic mass is 32.1. The molecule has 0 saturated heterocycles. The van der Waals surface area contributed by atoms with Gasteiger partial charge in [-0.05, 0) is 12.8 Å². The van der Waals surface area contributed by atoms with Crippen molar-refractivity contribution >= 4 is 18.4 Å². The minimum absolute atomic E-state index is 0.117. The highest BCUT2D eigenvalue weighted by Gasteiger charge is 2.05. The molecule has 0 radical (unpaired) electrons. The van der Waals surface area contributed by atoms with Crippen molar-refractivity contribution in [2.45, 2.75) is 57.6 Å². The van der Waals surface area contributed by atoms with Gasteiger partial charge in [-0.2, -0.15) is 12.6 Å². The van der Waals surface area contributed by atoms with Gasteiger partial charge in [0.2, 0.25) is 0 Å². The Bertz CT molecular complexity index is 175. The Hall–Kier alpha value is -0.240.